The number of hydrogen-bond donors (Lipinski definition) is 1. The van der Waals surface area contributed by atoms with E-state index in [1.807, 2.05) is 0 Å². The van der Waals surface area contributed by atoms with Gasteiger partial charge in [-0.15, -0.1) is 0 Å². The summed E-state index contributed by atoms with van der Waals surface area (Å²) in [5.41, 5.74) is -3.23. The van der Waals surface area contributed by atoms with Gasteiger partial charge in [0.05, 0.1) is 5.56 Å². The van der Waals surface area contributed by atoms with Gasteiger partial charge in [0.15, 0.2) is 0 Å². The van der Waals surface area contributed by atoms with Crippen molar-refractivity contribution in [1.82, 2.24) is 4.98 Å². The van der Waals surface area contributed by atoms with E-state index < -0.39 is 29.3 Å². The summed E-state index contributed by atoms with van der Waals surface area (Å²) >= 11 is 2.68. The highest BCUT2D eigenvalue weighted by Gasteiger charge is 2.58. The van der Waals surface area contributed by atoms with Crippen molar-refractivity contribution < 1.29 is 26.3 Å². The van der Waals surface area contributed by atoms with Crippen LogP contribution in [0.25, 0.3) is 0 Å². The lowest BCUT2D eigenvalue weighted by Gasteiger charge is -2.44. The number of nitrogens with one attached hydrogen (secondary N) is 1. The Bertz CT molecular complexity index is 507. The van der Waals surface area contributed by atoms with E-state index in [1.54, 1.807) is 0 Å². The average molecular weight is 363 g/mol. The lowest BCUT2D eigenvalue weighted by Crippen LogP contribution is -2.57. The average Bonchev–Trinajstić information content (AvgIpc) is 2.22. The quantitative estimate of drug-likeness (QED) is 0.767. The number of pyridine rings is 1. The Hall–Kier alpha value is -0.990. The number of hydrogen-bond acceptors (Lipinski definition) is 2. The molecule has 112 valence electrons. The third-order valence-electron chi connectivity index (χ3n) is 3.28. The molecule has 1 fully saturated rings. The zero-order valence-corrected chi connectivity index (χ0v) is 11.5. The van der Waals surface area contributed by atoms with Gasteiger partial charge in [-0.2, -0.15) is 26.3 Å². The van der Waals surface area contributed by atoms with Gasteiger partial charge < -0.3 is 5.32 Å². The SMILES string of the molecule is FC(F)(F)c1cc(NC2(C(F)(F)F)CCC2)ncc1Br. The van der Waals surface area contributed by atoms with Crippen molar-refractivity contribution in [1.29, 1.82) is 0 Å². The van der Waals surface area contributed by atoms with E-state index >= 15 is 0 Å². The molecule has 1 saturated carbocycles. The fraction of sp³-hybridized carbons (Fsp3) is 0.545. The largest absolute Gasteiger partial charge is 0.417 e. The maximum absolute atomic E-state index is 12.9. The van der Waals surface area contributed by atoms with Crippen LogP contribution in [0.3, 0.4) is 0 Å². The number of rotatable bonds is 2. The molecular weight excluding hydrogens is 354 g/mol. The van der Waals surface area contributed by atoms with Gasteiger partial charge in [0, 0.05) is 10.7 Å². The van der Waals surface area contributed by atoms with Crippen molar-refractivity contribution >= 4 is 21.7 Å². The first-order valence-corrected chi connectivity index (χ1v) is 6.42. The molecule has 0 bridgehead atoms. The van der Waals surface area contributed by atoms with Gasteiger partial charge in [0.1, 0.15) is 11.4 Å². The van der Waals surface area contributed by atoms with E-state index in [2.05, 4.69) is 26.2 Å². The van der Waals surface area contributed by atoms with Crippen molar-refractivity contribution in [3.8, 4) is 0 Å². The van der Waals surface area contributed by atoms with Gasteiger partial charge in [-0.05, 0) is 41.3 Å². The highest BCUT2D eigenvalue weighted by molar-refractivity contribution is 9.10. The number of anilines is 1. The molecule has 1 aromatic heterocycles. The molecule has 1 aliphatic carbocycles. The van der Waals surface area contributed by atoms with E-state index in [4.69, 9.17) is 0 Å². The fourth-order valence-electron chi connectivity index (χ4n) is 1.98. The Kier molecular flexibility index (Phi) is 3.68. The van der Waals surface area contributed by atoms with Gasteiger partial charge in [-0.1, -0.05) is 0 Å². The molecule has 1 aromatic rings. The van der Waals surface area contributed by atoms with Crippen LogP contribution in [-0.4, -0.2) is 16.7 Å². The Balaban J connectivity index is 2.31. The molecule has 0 atom stereocenters. The fourth-order valence-corrected chi connectivity index (χ4v) is 2.42. The van der Waals surface area contributed by atoms with E-state index in [9.17, 15) is 26.3 Å². The molecular formula is C11H9BrF6N2. The van der Waals surface area contributed by atoms with E-state index in [1.165, 1.54) is 0 Å². The summed E-state index contributed by atoms with van der Waals surface area (Å²) in [7, 11) is 0. The number of halogens is 7. The molecule has 0 unspecified atom stereocenters. The molecule has 1 aliphatic rings. The highest BCUT2D eigenvalue weighted by atomic mass is 79.9. The zero-order valence-electron chi connectivity index (χ0n) is 9.87. The Morgan fingerprint density at radius 2 is 1.75 bits per heavy atom. The molecule has 20 heavy (non-hydrogen) atoms. The first kappa shape index (κ1) is 15.4. The van der Waals surface area contributed by atoms with Crippen molar-refractivity contribution in [2.45, 2.75) is 37.2 Å². The summed E-state index contributed by atoms with van der Waals surface area (Å²) in [5.74, 6) is -0.433. The van der Waals surface area contributed by atoms with Crippen LogP contribution in [0.1, 0.15) is 24.8 Å². The number of alkyl halides is 6. The maximum Gasteiger partial charge on any atom is 0.417 e. The van der Waals surface area contributed by atoms with Gasteiger partial charge in [-0.3, -0.25) is 0 Å². The monoisotopic (exact) mass is 362 g/mol. The first-order valence-electron chi connectivity index (χ1n) is 5.63. The minimum Gasteiger partial charge on any atom is -0.356 e. The van der Waals surface area contributed by atoms with Gasteiger partial charge in [0.25, 0.3) is 0 Å². The normalized spacial score (nSPS) is 18.6. The topological polar surface area (TPSA) is 24.9 Å². The molecule has 2 rings (SSSR count). The Morgan fingerprint density at radius 3 is 2.15 bits per heavy atom. The summed E-state index contributed by atoms with van der Waals surface area (Å²) in [6.07, 6.45) is -8.32. The summed E-state index contributed by atoms with van der Waals surface area (Å²) in [4.78, 5) is 3.57. The Labute approximate surface area is 118 Å². The molecule has 0 spiro atoms. The van der Waals surface area contributed by atoms with Gasteiger partial charge >= 0.3 is 12.4 Å². The van der Waals surface area contributed by atoms with Crippen LogP contribution in [0.15, 0.2) is 16.7 Å². The third kappa shape index (κ3) is 2.72. The van der Waals surface area contributed by atoms with Crippen LogP contribution < -0.4 is 5.32 Å². The van der Waals surface area contributed by atoms with Crippen LogP contribution in [0, 0.1) is 0 Å². The second-order valence-electron chi connectivity index (χ2n) is 4.61. The second kappa shape index (κ2) is 4.78. The summed E-state index contributed by atoms with van der Waals surface area (Å²) in [5, 5.41) is 2.11. The minimum absolute atomic E-state index is 0.171. The zero-order chi connectivity index (χ0) is 15.2. The molecule has 2 nitrogen and oxygen atoms in total. The molecule has 0 radical (unpaired) electrons. The lowest BCUT2D eigenvalue weighted by molar-refractivity contribution is -0.198. The van der Waals surface area contributed by atoms with Gasteiger partial charge in [-0.25, -0.2) is 4.98 Å². The molecule has 1 heterocycles. The maximum atomic E-state index is 12.9. The van der Waals surface area contributed by atoms with E-state index in [0.29, 0.717) is 12.5 Å². The molecule has 1 N–H and O–H groups in total. The smallest absolute Gasteiger partial charge is 0.356 e. The Morgan fingerprint density at radius 1 is 1.15 bits per heavy atom. The highest BCUT2D eigenvalue weighted by Crippen LogP contribution is 2.47. The molecule has 9 heteroatoms. The minimum atomic E-state index is -4.66. The third-order valence-corrected chi connectivity index (χ3v) is 3.91. The van der Waals surface area contributed by atoms with Crippen LogP contribution >= 0.6 is 15.9 Å². The number of aromatic nitrogens is 1. The summed E-state index contributed by atoms with van der Waals surface area (Å²) < 4.78 is 76.5. The van der Waals surface area contributed by atoms with Crippen molar-refractivity contribution in [3.63, 3.8) is 0 Å². The van der Waals surface area contributed by atoms with Crippen molar-refractivity contribution in [2.75, 3.05) is 5.32 Å². The van der Waals surface area contributed by atoms with E-state index in [-0.39, 0.29) is 17.3 Å². The van der Waals surface area contributed by atoms with Crippen LogP contribution in [-0.2, 0) is 6.18 Å². The molecule has 0 aliphatic heterocycles. The van der Waals surface area contributed by atoms with Crippen LogP contribution in [0.4, 0.5) is 32.2 Å². The molecule has 0 saturated heterocycles. The van der Waals surface area contributed by atoms with E-state index in [0.717, 1.165) is 6.20 Å². The summed E-state index contributed by atoms with van der Waals surface area (Å²) in [6.45, 7) is 0. The number of nitrogens with zero attached hydrogens (tertiary/aromatic N) is 1. The standard InChI is InChI=1S/C11H9BrF6N2/c12-7-5-19-8(4-6(7)10(13,14)15)20-9(2-1-3-9)11(16,17)18/h4-5H,1-3H2,(H,19,20). The molecule has 0 aromatic carbocycles. The lowest BCUT2D eigenvalue weighted by atomic mass is 9.76. The predicted molar refractivity (Wildman–Crippen MR) is 63.2 cm³/mol. The second-order valence-corrected chi connectivity index (χ2v) is 5.46. The van der Waals surface area contributed by atoms with Crippen molar-refractivity contribution in [3.05, 3.63) is 22.3 Å². The molecule has 0 amide bonds. The summed E-state index contributed by atoms with van der Waals surface area (Å²) in [6, 6.07) is 0.579. The van der Waals surface area contributed by atoms with Gasteiger partial charge in [0.2, 0.25) is 0 Å². The first-order chi connectivity index (χ1) is 9.05. The van der Waals surface area contributed by atoms with Crippen LogP contribution in [0.5, 0.6) is 0 Å². The van der Waals surface area contributed by atoms with Crippen molar-refractivity contribution in [2.24, 2.45) is 0 Å². The van der Waals surface area contributed by atoms with Crippen LogP contribution in [0.2, 0.25) is 0 Å². The predicted octanol–water partition coefficient (Wildman–Crippen LogP) is 4.76.